The van der Waals surface area contributed by atoms with Crippen molar-refractivity contribution in [1.82, 2.24) is 10.3 Å². The molecular formula is C18H25FN4O. The highest BCUT2D eigenvalue weighted by Gasteiger charge is 2.27. The van der Waals surface area contributed by atoms with Gasteiger partial charge in [-0.3, -0.25) is 4.79 Å². The van der Waals surface area contributed by atoms with E-state index in [2.05, 4.69) is 22.1 Å². The maximum Gasteiger partial charge on any atom is 0.250 e. The molecule has 0 radical (unpaired) electrons. The zero-order valence-electron chi connectivity index (χ0n) is 14.5. The summed E-state index contributed by atoms with van der Waals surface area (Å²) in [5, 5.41) is 4.23. The van der Waals surface area contributed by atoms with Crippen molar-refractivity contribution in [2.75, 3.05) is 24.5 Å². The Bertz CT molecular complexity index is 781. The molecule has 0 saturated carbocycles. The summed E-state index contributed by atoms with van der Waals surface area (Å²) in [4.78, 5) is 17.0. The highest BCUT2D eigenvalue weighted by Crippen LogP contribution is 2.37. The number of nitrogens with zero attached hydrogens (tertiary/aromatic N) is 1. The molecule has 4 N–H and O–H groups in total. The Morgan fingerprint density at radius 1 is 1.50 bits per heavy atom. The summed E-state index contributed by atoms with van der Waals surface area (Å²) in [5.74, 6) is -0.994. The molecule has 0 aliphatic carbocycles. The summed E-state index contributed by atoms with van der Waals surface area (Å²) in [7, 11) is 0. The van der Waals surface area contributed by atoms with Crippen LogP contribution in [0.25, 0.3) is 10.9 Å². The van der Waals surface area contributed by atoms with Gasteiger partial charge < -0.3 is 20.9 Å². The summed E-state index contributed by atoms with van der Waals surface area (Å²) >= 11 is 0. The summed E-state index contributed by atoms with van der Waals surface area (Å²) in [6.07, 6.45) is 2.11. The van der Waals surface area contributed by atoms with Gasteiger partial charge in [-0.2, -0.15) is 0 Å². The highest BCUT2D eigenvalue weighted by molar-refractivity contribution is 6.10. The van der Waals surface area contributed by atoms with E-state index in [0.717, 1.165) is 49.1 Å². The normalized spacial score (nSPS) is 18.3. The van der Waals surface area contributed by atoms with Crippen LogP contribution in [-0.2, 0) is 0 Å². The first-order valence-electron chi connectivity index (χ1n) is 8.53. The number of amides is 1. The van der Waals surface area contributed by atoms with E-state index >= 15 is 0 Å². The Balaban J connectivity index is 2.16. The average Bonchev–Trinajstić information content (AvgIpc) is 2.83. The lowest BCUT2D eigenvalue weighted by molar-refractivity contribution is 0.100. The van der Waals surface area contributed by atoms with Gasteiger partial charge in [0.1, 0.15) is 5.82 Å². The molecule has 0 bridgehead atoms. The van der Waals surface area contributed by atoms with Crippen LogP contribution in [0.1, 0.15) is 41.4 Å². The molecule has 1 aromatic heterocycles. The Kier molecular flexibility index (Phi) is 4.49. The van der Waals surface area contributed by atoms with Gasteiger partial charge in [-0.25, -0.2) is 4.39 Å². The minimum atomic E-state index is -0.615. The van der Waals surface area contributed by atoms with Gasteiger partial charge >= 0.3 is 0 Å². The van der Waals surface area contributed by atoms with Crippen molar-refractivity contribution < 1.29 is 9.18 Å². The molecule has 5 nitrogen and oxygen atoms in total. The molecule has 1 atom stereocenters. The molecule has 1 saturated heterocycles. The number of anilines is 1. The quantitative estimate of drug-likeness (QED) is 0.806. The number of nitrogens with one attached hydrogen (secondary N) is 2. The smallest absolute Gasteiger partial charge is 0.250 e. The second-order valence-corrected chi connectivity index (χ2v) is 6.59. The third kappa shape index (κ3) is 2.75. The third-order valence-electron chi connectivity index (χ3n) is 5.00. The minimum Gasteiger partial charge on any atom is -0.367 e. The first-order valence-corrected chi connectivity index (χ1v) is 8.53. The summed E-state index contributed by atoms with van der Waals surface area (Å²) in [5.41, 5.74) is 8.78. The third-order valence-corrected chi connectivity index (χ3v) is 5.00. The van der Waals surface area contributed by atoms with Crippen molar-refractivity contribution in [2.45, 2.75) is 39.7 Å². The van der Waals surface area contributed by atoms with Gasteiger partial charge in [0.15, 0.2) is 0 Å². The van der Waals surface area contributed by atoms with E-state index in [9.17, 15) is 9.18 Å². The van der Waals surface area contributed by atoms with E-state index in [1.54, 1.807) is 0 Å². The molecule has 1 aromatic carbocycles. The van der Waals surface area contributed by atoms with Gasteiger partial charge in [-0.1, -0.05) is 6.92 Å². The van der Waals surface area contributed by atoms with Crippen LogP contribution in [0.2, 0.25) is 0 Å². The van der Waals surface area contributed by atoms with Gasteiger partial charge in [-0.15, -0.1) is 0 Å². The Hall–Kier alpha value is -2.08. The number of aryl methyl sites for hydroxylation is 2. The predicted molar refractivity (Wildman–Crippen MR) is 95.2 cm³/mol. The van der Waals surface area contributed by atoms with Crippen LogP contribution in [0.5, 0.6) is 0 Å². The van der Waals surface area contributed by atoms with Crippen LogP contribution < -0.4 is 16.0 Å². The van der Waals surface area contributed by atoms with Gasteiger partial charge in [0.25, 0.3) is 5.91 Å². The standard InChI is InChI=1S/C18H25FN4O/c1-4-21-12-6-5-7-23(9-12)17-14(19)8-13(18(20)24)16-15(17)10(2)11(3)22-16/h8,12,21-22H,4-7,9H2,1-3H3,(H2,20,24)/t12-/m0/s1. The number of hydrogen-bond donors (Lipinski definition) is 3. The monoisotopic (exact) mass is 332 g/mol. The SMILES string of the molecule is CCN[C@H]1CCCN(c2c(F)cc(C(N)=O)c3[nH]c(C)c(C)c23)C1. The van der Waals surface area contributed by atoms with Crippen LogP contribution in [0, 0.1) is 19.7 Å². The Morgan fingerprint density at radius 3 is 2.92 bits per heavy atom. The first-order chi connectivity index (χ1) is 11.4. The number of aromatic amines is 1. The van der Waals surface area contributed by atoms with E-state index in [0.29, 0.717) is 17.2 Å². The molecule has 24 heavy (non-hydrogen) atoms. The fourth-order valence-electron chi connectivity index (χ4n) is 3.74. The molecule has 1 aliphatic rings. The zero-order chi connectivity index (χ0) is 17.4. The number of aromatic nitrogens is 1. The molecule has 2 aromatic rings. The number of halogens is 1. The molecule has 1 fully saturated rings. The minimum absolute atomic E-state index is 0.211. The van der Waals surface area contributed by atoms with Crippen LogP contribution in [0.15, 0.2) is 6.07 Å². The number of piperidine rings is 1. The maximum absolute atomic E-state index is 14.9. The summed E-state index contributed by atoms with van der Waals surface area (Å²) < 4.78 is 14.9. The number of hydrogen-bond acceptors (Lipinski definition) is 3. The van der Waals surface area contributed by atoms with Crippen LogP contribution in [0.3, 0.4) is 0 Å². The van der Waals surface area contributed by atoms with Gasteiger partial charge in [0, 0.05) is 30.2 Å². The number of H-pyrrole nitrogens is 1. The number of primary amides is 1. The highest BCUT2D eigenvalue weighted by atomic mass is 19.1. The predicted octanol–water partition coefficient (Wildman–Crippen LogP) is 2.60. The summed E-state index contributed by atoms with van der Waals surface area (Å²) in [6, 6.07) is 1.63. The number of benzene rings is 1. The van der Waals surface area contributed by atoms with E-state index in [1.165, 1.54) is 6.07 Å². The zero-order valence-corrected chi connectivity index (χ0v) is 14.5. The molecule has 130 valence electrons. The molecule has 0 unspecified atom stereocenters. The van der Waals surface area contributed by atoms with E-state index in [4.69, 9.17) is 5.73 Å². The second-order valence-electron chi connectivity index (χ2n) is 6.59. The van der Waals surface area contributed by atoms with Crippen molar-refractivity contribution >= 4 is 22.5 Å². The second kappa shape index (κ2) is 6.43. The van der Waals surface area contributed by atoms with Crippen molar-refractivity contribution in [3.8, 4) is 0 Å². The molecule has 1 amide bonds. The average molecular weight is 332 g/mol. The fourth-order valence-corrected chi connectivity index (χ4v) is 3.74. The van der Waals surface area contributed by atoms with E-state index in [1.807, 2.05) is 13.8 Å². The molecule has 0 spiro atoms. The van der Waals surface area contributed by atoms with E-state index in [-0.39, 0.29) is 11.4 Å². The lowest BCUT2D eigenvalue weighted by atomic mass is 10.0. The topological polar surface area (TPSA) is 74.2 Å². The van der Waals surface area contributed by atoms with Crippen molar-refractivity contribution in [2.24, 2.45) is 5.73 Å². The number of nitrogens with two attached hydrogens (primary N) is 1. The van der Waals surface area contributed by atoms with Crippen LogP contribution in [0.4, 0.5) is 10.1 Å². The molecular weight excluding hydrogens is 307 g/mol. The number of rotatable bonds is 4. The van der Waals surface area contributed by atoms with E-state index < -0.39 is 5.91 Å². The fraction of sp³-hybridized carbons (Fsp3) is 0.500. The molecule has 3 rings (SSSR count). The Morgan fingerprint density at radius 2 is 2.25 bits per heavy atom. The molecule has 6 heteroatoms. The largest absolute Gasteiger partial charge is 0.367 e. The Labute approximate surface area is 141 Å². The maximum atomic E-state index is 14.9. The summed E-state index contributed by atoms with van der Waals surface area (Å²) in [6.45, 7) is 8.44. The van der Waals surface area contributed by atoms with Gasteiger partial charge in [0.05, 0.1) is 16.8 Å². The van der Waals surface area contributed by atoms with Crippen molar-refractivity contribution in [1.29, 1.82) is 0 Å². The van der Waals surface area contributed by atoms with Gasteiger partial charge in [-0.05, 0) is 44.9 Å². The first kappa shape index (κ1) is 16.8. The lowest BCUT2D eigenvalue weighted by Crippen LogP contribution is -2.46. The molecule has 2 heterocycles. The van der Waals surface area contributed by atoms with Gasteiger partial charge in [0.2, 0.25) is 0 Å². The number of carbonyl (C=O) groups excluding carboxylic acids is 1. The van der Waals surface area contributed by atoms with Crippen molar-refractivity contribution in [3.05, 3.63) is 28.7 Å². The number of fused-ring (bicyclic) bond motifs is 1. The number of carbonyl (C=O) groups is 1. The number of likely N-dealkylation sites (N-methyl/N-ethyl adjacent to an activating group) is 1. The lowest BCUT2D eigenvalue weighted by Gasteiger charge is -2.35. The van der Waals surface area contributed by atoms with Crippen molar-refractivity contribution in [3.63, 3.8) is 0 Å². The van der Waals surface area contributed by atoms with Crippen LogP contribution >= 0.6 is 0 Å². The molecule has 1 aliphatic heterocycles. The van der Waals surface area contributed by atoms with Crippen LogP contribution in [-0.4, -0.2) is 36.6 Å².